The number of carboxylic acid groups (broad SMARTS) is 1. The summed E-state index contributed by atoms with van der Waals surface area (Å²) < 4.78 is 21.1. The number of carboxylic acids is 1. The van der Waals surface area contributed by atoms with Crippen molar-refractivity contribution in [1.82, 2.24) is 16.0 Å². The molecule has 0 spiro atoms. The number of hydrogen-bond acceptors (Lipinski definition) is 10. The van der Waals surface area contributed by atoms with Crippen LogP contribution >= 0.6 is 0 Å². The molecule has 0 bridgehead atoms. The number of aliphatic carboxylic acids is 1. The van der Waals surface area contributed by atoms with Crippen molar-refractivity contribution >= 4 is 35.6 Å². The Hall–Kier alpha value is -3.26. The minimum absolute atomic E-state index is 0.00369. The van der Waals surface area contributed by atoms with E-state index in [1.54, 1.807) is 20.8 Å². The summed E-state index contributed by atoms with van der Waals surface area (Å²) >= 11 is 0. The molecule has 0 aromatic heterocycles. The van der Waals surface area contributed by atoms with Gasteiger partial charge < -0.3 is 40.0 Å². The highest BCUT2D eigenvalue weighted by molar-refractivity contribution is 5.86. The number of carbonyl (C=O) groups is 6. The van der Waals surface area contributed by atoms with Crippen molar-refractivity contribution in [2.75, 3.05) is 39.5 Å². The second-order valence-electron chi connectivity index (χ2n) is 18.8. The standard InChI is InChI=1S/C47H85N3O11/c1-46(2,3)60-43(55)24-22-20-18-16-14-12-10-8-7-9-11-13-15-17-19-21-23-40(51)49-35-37-25-27-38(28-26-37)44(56)50-39(45(57)61-47(4,5)6)29-30-41(52)48-31-32-58-33-34-59-36-42(53)54/h37-39H,7-36H2,1-6H3,(H,48,52)(H,49,51)(H,50,56)(H,53,54)/t37-,38-,39-/m0/s1. The van der Waals surface area contributed by atoms with Crippen LogP contribution in [0.1, 0.15) is 196 Å². The van der Waals surface area contributed by atoms with Crippen LogP contribution < -0.4 is 16.0 Å². The molecule has 0 aromatic carbocycles. The third-order valence-corrected chi connectivity index (χ3v) is 10.6. The number of amides is 3. The van der Waals surface area contributed by atoms with Gasteiger partial charge in [0.25, 0.3) is 0 Å². The first-order valence-corrected chi connectivity index (χ1v) is 23.6. The zero-order chi connectivity index (χ0) is 45.4. The predicted molar refractivity (Wildman–Crippen MR) is 237 cm³/mol. The Morgan fingerprint density at radius 2 is 1.05 bits per heavy atom. The van der Waals surface area contributed by atoms with Crippen LogP contribution in [0.4, 0.5) is 0 Å². The molecule has 0 saturated heterocycles. The maximum Gasteiger partial charge on any atom is 0.329 e. The van der Waals surface area contributed by atoms with E-state index in [1.807, 2.05) is 20.8 Å². The molecule has 0 unspecified atom stereocenters. The molecule has 1 rings (SSSR count). The van der Waals surface area contributed by atoms with Crippen molar-refractivity contribution in [3.63, 3.8) is 0 Å². The quantitative estimate of drug-likeness (QED) is 0.0355. The smallest absolute Gasteiger partial charge is 0.329 e. The van der Waals surface area contributed by atoms with Crippen LogP contribution in [0.2, 0.25) is 0 Å². The molecule has 1 aliphatic carbocycles. The Bertz CT molecular complexity index is 1240. The van der Waals surface area contributed by atoms with Gasteiger partial charge in [0.15, 0.2) is 0 Å². The van der Waals surface area contributed by atoms with Gasteiger partial charge in [-0.25, -0.2) is 9.59 Å². The predicted octanol–water partition coefficient (Wildman–Crippen LogP) is 8.11. The van der Waals surface area contributed by atoms with Crippen LogP contribution in [-0.2, 0) is 47.7 Å². The van der Waals surface area contributed by atoms with Gasteiger partial charge in [0.05, 0.1) is 19.8 Å². The van der Waals surface area contributed by atoms with E-state index in [9.17, 15) is 28.8 Å². The number of hydrogen-bond donors (Lipinski definition) is 4. The van der Waals surface area contributed by atoms with Crippen molar-refractivity contribution in [3.05, 3.63) is 0 Å². The van der Waals surface area contributed by atoms with Crippen molar-refractivity contribution < 1.29 is 52.8 Å². The molecule has 354 valence electrons. The lowest BCUT2D eigenvalue weighted by Crippen LogP contribution is -2.47. The van der Waals surface area contributed by atoms with Crippen LogP contribution in [0.5, 0.6) is 0 Å². The summed E-state index contributed by atoms with van der Waals surface area (Å²) in [5.74, 6) is -2.08. The molecule has 1 fully saturated rings. The van der Waals surface area contributed by atoms with Crippen LogP contribution in [0.25, 0.3) is 0 Å². The zero-order valence-corrected chi connectivity index (χ0v) is 39.0. The zero-order valence-electron chi connectivity index (χ0n) is 39.0. The Morgan fingerprint density at radius 3 is 1.56 bits per heavy atom. The Balaban J connectivity index is 2.12. The maximum atomic E-state index is 13.3. The van der Waals surface area contributed by atoms with Gasteiger partial charge in [-0.3, -0.25) is 19.2 Å². The third kappa shape index (κ3) is 34.0. The highest BCUT2D eigenvalue weighted by Gasteiger charge is 2.32. The van der Waals surface area contributed by atoms with E-state index in [0.29, 0.717) is 38.1 Å². The molecular weight excluding hydrogens is 783 g/mol. The Kier molecular flexibility index (Phi) is 30.5. The van der Waals surface area contributed by atoms with Gasteiger partial charge in [0.1, 0.15) is 23.9 Å². The average molecular weight is 868 g/mol. The van der Waals surface area contributed by atoms with E-state index < -0.39 is 35.8 Å². The first-order chi connectivity index (χ1) is 28.9. The van der Waals surface area contributed by atoms with E-state index >= 15 is 0 Å². The average Bonchev–Trinajstić information content (AvgIpc) is 3.17. The minimum Gasteiger partial charge on any atom is -0.480 e. The van der Waals surface area contributed by atoms with Crippen molar-refractivity contribution in [1.29, 1.82) is 0 Å². The molecule has 14 heteroatoms. The molecule has 61 heavy (non-hydrogen) atoms. The second kappa shape index (κ2) is 33.3. The normalized spacial score (nSPS) is 16.0. The van der Waals surface area contributed by atoms with E-state index in [2.05, 4.69) is 16.0 Å². The molecule has 1 aliphatic rings. The van der Waals surface area contributed by atoms with Gasteiger partial charge in [-0.05, 0) is 92.4 Å². The number of ether oxygens (including phenoxy) is 4. The summed E-state index contributed by atoms with van der Waals surface area (Å²) in [6, 6.07) is -0.962. The first-order valence-electron chi connectivity index (χ1n) is 23.6. The molecule has 0 radical (unpaired) electrons. The fourth-order valence-corrected chi connectivity index (χ4v) is 7.31. The molecule has 0 aliphatic heterocycles. The molecule has 14 nitrogen and oxygen atoms in total. The third-order valence-electron chi connectivity index (χ3n) is 10.6. The van der Waals surface area contributed by atoms with Gasteiger partial charge in [-0.15, -0.1) is 0 Å². The first kappa shape index (κ1) is 55.8. The van der Waals surface area contributed by atoms with E-state index in [4.69, 9.17) is 24.1 Å². The summed E-state index contributed by atoms with van der Waals surface area (Å²) in [5, 5.41) is 17.2. The lowest BCUT2D eigenvalue weighted by atomic mass is 9.81. The summed E-state index contributed by atoms with van der Waals surface area (Å²) in [6.45, 7) is 12.0. The van der Waals surface area contributed by atoms with Crippen molar-refractivity contribution in [2.45, 2.75) is 213 Å². The Morgan fingerprint density at radius 1 is 0.574 bits per heavy atom. The molecular formula is C47H85N3O11. The topological polar surface area (TPSA) is 196 Å². The lowest BCUT2D eigenvalue weighted by molar-refractivity contribution is -0.159. The lowest BCUT2D eigenvalue weighted by Gasteiger charge is -2.30. The molecule has 3 amide bonds. The summed E-state index contributed by atoms with van der Waals surface area (Å²) in [6.07, 6.45) is 23.4. The van der Waals surface area contributed by atoms with Gasteiger partial charge in [0.2, 0.25) is 17.7 Å². The van der Waals surface area contributed by atoms with Gasteiger partial charge in [-0.2, -0.15) is 0 Å². The summed E-state index contributed by atoms with van der Waals surface area (Å²) in [4.78, 5) is 73.5. The summed E-state index contributed by atoms with van der Waals surface area (Å²) in [7, 11) is 0. The number of carbonyl (C=O) groups excluding carboxylic acids is 5. The van der Waals surface area contributed by atoms with Crippen LogP contribution in [0.15, 0.2) is 0 Å². The Labute approximate surface area is 367 Å². The number of unbranched alkanes of at least 4 members (excludes halogenated alkanes) is 15. The summed E-state index contributed by atoms with van der Waals surface area (Å²) in [5.41, 5.74) is -1.15. The fraction of sp³-hybridized carbons (Fsp3) is 0.872. The monoisotopic (exact) mass is 868 g/mol. The molecule has 1 atom stereocenters. The highest BCUT2D eigenvalue weighted by Crippen LogP contribution is 2.29. The van der Waals surface area contributed by atoms with Crippen molar-refractivity contribution in [3.8, 4) is 0 Å². The highest BCUT2D eigenvalue weighted by atomic mass is 16.6. The number of nitrogens with one attached hydrogen (secondary N) is 3. The molecule has 1 saturated carbocycles. The maximum absolute atomic E-state index is 13.3. The SMILES string of the molecule is CC(C)(C)OC(=O)CCCCCCCCCCCCCCCCCCC(=O)NC[C@H]1CC[C@H](C(=O)N[C@@H](CCC(=O)NCCOCCOCC(=O)O)C(=O)OC(C)(C)C)CC1. The minimum atomic E-state index is -1.06. The van der Waals surface area contributed by atoms with Crippen LogP contribution in [0, 0.1) is 11.8 Å². The fourth-order valence-electron chi connectivity index (χ4n) is 7.31. The van der Waals surface area contributed by atoms with Crippen LogP contribution in [0.3, 0.4) is 0 Å². The number of esters is 2. The van der Waals surface area contributed by atoms with Gasteiger partial charge in [-0.1, -0.05) is 89.9 Å². The van der Waals surface area contributed by atoms with Gasteiger partial charge >= 0.3 is 17.9 Å². The molecule has 0 aromatic rings. The van der Waals surface area contributed by atoms with E-state index in [-0.39, 0.29) is 68.8 Å². The van der Waals surface area contributed by atoms with Crippen LogP contribution in [-0.4, -0.2) is 97.5 Å². The second-order valence-corrected chi connectivity index (χ2v) is 18.8. The number of rotatable bonds is 35. The molecule has 4 N–H and O–H groups in total. The van der Waals surface area contributed by atoms with Gasteiger partial charge in [0, 0.05) is 38.3 Å². The van der Waals surface area contributed by atoms with E-state index in [0.717, 1.165) is 38.5 Å². The molecule has 0 heterocycles. The van der Waals surface area contributed by atoms with E-state index in [1.165, 1.54) is 77.0 Å². The largest absolute Gasteiger partial charge is 0.480 e. The van der Waals surface area contributed by atoms with Crippen molar-refractivity contribution in [2.24, 2.45) is 11.8 Å².